The van der Waals surface area contributed by atoms with Crippen LogP contribution >= 0.6 is 24.2 Å². The number of hydrogen-bond donors (Lipinski definition) is 1. The number of nitrogens with one attached hydrogen (secondary N) is 1. The number of rotatable bonds is 2. The van der Waals surface area contributed by atoms with Crippen LogP contribution in [0.5, 0.6) is 0 Å². The lowest BCUT2D eigenvalue weighted by atomic mass is 10.2. The van der Waals surface area contributed by atoms with Crippen LogP contribution in [-0.4, -0.2) is 30.3 Å². The fraction of sp³-hybridized carbons (Fsp3) is 0.364. The highest BCUT2D eigenvalue weighted by Gasteiger charge is 2.20. The molecule has 3 nitrogen and oxygen atoms in total. The molecule has 88 valence electrons. The minimum atomic E-state index is 0. The van der Waals surface area contributed by atoms with Crippen LogP contribution < -0.4 is 5.43 Å². The Morgan fingerprint density at radius 3 is 2.81 bits per heavy atom. The Bertz CT molecular complexity index is 367. The molecule has 0 unspecified atom stereocenters. The van der Waals surface area contributed by atoms with E-state index in [1.807, 2.05) is 30.5 Å². The normalized spacial score (nSPS) is 14.7. The summed E-state index contributed by atoms with van der Waals surface area (Å²) in [5, 5.41) is 1.70. The van der Waals surface area contributed by atoms with Gasteiger partial charge in [-0.15, -0.1) is 24.2 Å². The molecule has 1 aliphatic heterocycles. The van der Waals surface area contributed by atoms with Gasteiger partial charge in [0.25, 0.3) is 5.91 Å². The van der Waals surface area contributed by atoms with Crippen LogP contribution in [0.2, 0.25) is 0 Å². The maximum atomic E-state index is 12.1. The van der Waals surface area contributed by atoms with Crippen molar-refractivity contribution in [3.8, 4) is 0 Å². The van der Waals surface area contributed by atoms with Crippen LogP contribution in [0.15, 0.2) is 29.2 Å². The molecule has 0 aromatic heterocycles. The number of thioether (sulfide) groups is 1. The Balaban J connectivity index is 0.00000128. The summed E-state index contributed by atoms with van der Waals surface area (Å²) >= 11 is 1.61. The van der Waals surface area contributed by atoms with Crippen molar-refractivity contribution in [2.24, 2.45) is 0 Å². The molecule has 1 amide bonds. The lowest BCUT2D eigenvalue weighted by Gasteiger charge is -2.16. The first-order chi connectivity index (χ1) is 7.33. The molecule has 1 aromatic carbocycles. The molecular weight excluding hydrogens is 244 g/mol. The standard InChI is InChI=1S/C11H14N2OS.ClH/c1-15-10-6-3-2-5-9(10)11(14)13-8-4-7-12-13;/h2-3,5-6,12H,4,7-8H2,1H3;1H. The number of hydrazine groups is 1. The molecule has 2 rings (SSSR count). The number of halogens is 1. The molecule has 0 spiro atoms. The number of hydrogen-bond acceptors (Lipinski definition) is 3. The van der Waals surface area contributed by atoms with Gasteiger partial charge in [0.05, 0.1) is 5.56 Å². The minimum Gasteiger partial charge on any atom is -0.274 e. The molecule has 0 radical (unpaired) electrons. The summed E-state index contributed by atoms with van der Waals surface area (Å²) in [6, 6.07) is 7.73. The number of carbonyl (C=O) groups excluding carboxylic acids is 1. The van der Waals surface area contributed by atoms with Gasteiger partial charge in [-0.05, 0) is 24.8 Å². The van der Waals surface area contributed by atoms with Gasteiger partial charge in [0.15, 0.2) is 0 Å². The minimum absolute atomic E-state index is 0. The third-order valence-electron chi connectivity index (χ3n) is 2.44. The molecule has 1 aliphatic rings. The van der Waals surface area contributed by atoms with Gasteiger partial charge < -0.3 is 0 Å². The van der Waals surface area contributed by atoms with Gasteiger partial charge in [0.1, 0.15) is 0 Å². The van der Waals surface area contributed by atoms with E-state index in [9.17, 15) is 4.79 Å². The van der Waals surface area contributed by atoms with E-state index >= 15 is 0 Å². The summed E-state index contributed by atoms with van der Waals surface area (Å²) in [7, 11) is 0. The van der Waals surface area contributed by atoms with Crippen molar-refractivity contribution < 1.29 is 4.79 Å². The van der Waals surface area contributed by atoms with Gasteiger partial charge in [-0.2, -0.15) is 0 Å². The monoisotopic (exact) mass is 258 g/mol. The molecule has 0 atom stereocenters. The largest absolute Gasteiger partial charge is 0.274 e. The van der Waals surface area contributed by atoms with Crippen molar-refractivity contribution in [1.82, 2.24) is 10.4 Å². The third-order valence-corrected chi connectivity index (χ3v) is 3.24. The van der Waals surface area contributed by atoms with E-state index in [1.54, 1.807) is 16.8 Å². The molecule has 1 N–H and O–H groups in total. The van der Waals surface area contributed by atoms with Gasteiger partial charge in [-0.3, -0.25) is 9.80 Å². The predicted octanol–water partition coefficient (Wildman–Crippen LogP) is 2.18. The molecule has 1 heterocycles. The first-order valence-electron chi connectivity index (χ1n) is 5.01. The molecule has 1 aromatic rings. The van der Waals surface area contributed by atoms with Crippen molar-refractivity contribution in [3.05, 3.63) is 29.8 Å². The fourth-order valence-corrected chi connectivity index (χ4v) is 2.26. The summed E-state index contributed by atoms with van der Waals surface area (Å²) in [5.41, 5.74) is 3.87. The average Bonchev–Trinajstić information content (AvgIpc) is 2.81. The number of benzene rings is 1. The van der Waals surface area contributed by atoms with Crippen molar-refractivity contribution in [3.63, 3.8) is 0 Å². The topological polar surface area (TPSA) is 32.3 Å². The zero-order chi connectivity index (χ0) is 10.7. The van der Waals surface area contributed by atoms with Crippen molar-refractivity contribution in [2.75, 3.05) is 19.3 Å². The Morgan fingerprint density at radius 2 is 2.19 bits per heavy atom. The molecule has 0 saturated carbocycles. The highest BCUT2D eigenvalue weighted by Crippen LogP contribution is 2.21. The van der Waals surface area contributed by atoms with Crippen LogP contribution in [0.25, 0.3) is 0 Å². The highest BCUT2D eigenvalue weighted by atomic mass is 35.5. The fourth-order valence-electron chi connectivity index (χ4n) is 1.67. The maximum absolute atomic E-state index is 12.1. The zero-order valence-corrected chi connectivity index (χ0v) is 10.7. The summed E-state index contributed by atoms with van der Waals surface area (Å²) < 4.78 is 0. The quantitative estimate of drug-likeness (QED) is 0.826. The van der Waals surface area contributed by atoms with Gasteiger partial charge in [-0.25, -0.2) is 5.43 Å². The van der Waals surface area contributed by atoms with Gasteiger partial charge in [0, 0.05) is 18.0 Å². The molecule has 1 saturated heterocycles. The van der Waals surface area contributed by atoms with E-state index in [0.717, 1.165) is 30.0 Å². The average molecular weight is 259 g/mol. The first-order valence-corrected chi connectivity index (χ1v) is 6.24. The third kappa shape index (κ3) is 2.70. The molecule has 5 heteroatoms. The lowest BCUT2D eigenvalue weighted by Crippen LogP contribution is -2.37. The van der Waals surface area contributed by atoms with Gasteiger partial charge in [0.2, 0.25) is 0 Å². The molecule has 0 aliphatic carbocycles. The molecule has 0 bridgehead atoms. The second-order valence-electron chi connectivity index (χ2n) is 3.42. The highest BCUT2D eigenvalue weighted by molar-refractivity contribution is 7.98. The molecule has 16 heavy (non-hydrogen) atoms. The van der Waals surface area contributed by atoms with Gasteiger partial charge >= 0.3 is 0 Å². The Labute approximate surface area is 106 Å². The van der Waals surface area contributed by atoms with E-state index in [-0.39, 0.29) is 18.3 Å². The SMILES string of the molecule is CSc1ccccc1C(=O)N1CCCN1.Cl. The van der Waals surface area contributed by atoms with E-state index < -0.39 is 0 Å². The Morgan fingerprint density at radius 1 is 1.44 bits per heavy atom. The van der Waals surface area contributed by atoms with Crippen molar-refractivity contribution in [1.29, 1.82) is 0 Å². The van der Waals surface area contributed by atoms with E-state index in [1.165, 1.54) is 0 Å². The van der Waals surface area contributed by atoms with Crippen LogP contribution in [0.4, 0.5) is 0 Å². The van der Waals surface area contributed by atoms with E-state index in [4.69, 9.17) is 0 Å². The predicted molar refractivity (Wildman–Crippen MR) is 69.1 cm³/mol. The van der Waals surface area contributed by atoms with Crippen LogP contribution in [0.1, 0.15) is 16.8 Å². The zero-order valence-electron chi connectivity index (χ0n) is 9.10. The van der Waals surface area contributed by atoms with Crippen molar-refractivity contribution in [2.45, 2.75) is 11.3 Å². The second kappa shape index (κ2) is 6.13. The van der Waals surface area contributed by atoms with Crippen LogP contribution in [-0.2, 0) is 0 Å². The summed E-state index contributed by atoms with van der Waals surface area (Å²) in [5.74, 6) is 0.0810. The van der Waals surface area contributed by atoms with Crippen LogP contribution in [0, 0.1) is 0 Å². The van der Waals surface area contributed by atoms with E-state index in [2.05, 4.69) is 5.43 Å². The lowest BCUT2D eigenvalue weighted by molar-refractivity contribution is 0.0723. The van der Waals surface area contributed by atoms with Crippen LogP contribution in [0.3, 0.4) is 0 Å². The van der Waals surface area contributed by atoms with Gasteiger partial charge in [-0.1, -0.05) is 12.1 Å². The number of amides is 1. The van der Waals surface area contributed by atoms with E-state index in [0.29, 0.717) is 0 Å². The Hall–Kier alpha value is -0.710. The first kappa shape index (κ1) is 13.4. The summed E-state index contributed by atoms with van der Waals surface area (Å²) in [4.78, 5) is 13.1. The number of carbonyl (C=O) groups is 1. The second-order valence-corrected chi connectivity index (χ2v) is 4.27. The Kier molecular flexibility index (Phi) is 5.12. The smallest absolute Gasteiger partial charge is 0.269 e. The molecule has 1 fully saturated rings. The number of nitrogens with zero attached hydrogens (tertiary/aromatic N) is 1. The molecular formula is C11H15ClN2OS. The summed E-state index contributed by atoms with van der Waals surface area (Å²) in [6.07, 6.45) is 3.02. The maximum Gasteiger partial charge on any atom is 0.269 e. The van der Waals surface area contributed by atoms with Crippen molar-refractivity contribution >= 4 is 30.1 Å². The summed E-state index contributed by atoms with van der Waals surface area (Å²) in [6.45, 7) is 1.70.